The van der Waals surface area contributed by atoms with Crippen LogP contribution in [0.4, 0.5) is 26.3 Å². The Balaban J connectivity index is 1.54. The lowest BCUT2D eigenvalue weighted by molar-refractivity contribution is -0.689. The van der Waals surface area contributed by atoms with Crippen LogP contribution in [-0.4, -0.2) is 9.78 Å². The normalized spacial score (nSPS) is 12.2. The first kappa shape index (κ1) is 23.5. The van der Waals surface area contributed by atoms with E-state index in [-0.39, 0.29) is 36.4 Å². The van der Waals surface area contributed by atoms with E-state index in [4.69, 9.17) is 4.74 Å². The molecule has 0 N–H and O–H groups in total. The first-order valence-corrected chi connectivity index (χ1v) is 10.1. The molecule has 0 aliphatic rings. The molecule has 176 valence electrons. The van der Waals surface area contributed by atoms with Crippen LogP contribution in [0.3, 0.4) is 0 Å². The lowest BCUT2D eigenvalue weighted by Gasteiger charge is -2.17. The Kier molecular flexibility index (Phi) is 6.97. The summed E-state index contributed by atoms with van der Waals surface area (Å²) in [7, 11) is 0. The summed E-state index contributed by atoms with van der Waals surface area (Å²) in [5.41, 5.74) is 0.293. The van der Waals surface area contributed by atoms with Crippen molar-refractivity contribution >= 4 is 0 Å². The molecule has 0 saturated heterocycles. The predicted molar refractivity (Wildman–Crippen MR) is 108 cm³/mol. The van der Waals surface area contributed by atoms with Gasteiger partial charge in [-0.15, -0.1) is 4.68 Å². The third-order valence-corrected chi connectivity index (χ3v) is 5.12. The average molecular weight is 478 g/mol. The van der Waals surface area contributed by atoms with Crippen molar-refractivity contribution in [1.82, 2.24) is 9.78 Å². The second-order valence-corrected chi connectivity index (χ2v) is 7.58. The van der Waals surface area contributed by atoms with Crippen LogP contribution in [-0.2, 0) is 24.4 Å². The highest BCUT2D eigenvalue weighted by atomic mass is 19.2. The number of halogens is 6. The first-order valence-electron chi connectivity index (χ1n) is 10.1. The summed E-state index contributed by atoms with van der Waals surface area (Å²) in [5, 5.41) is 4.14. The van der Waals surface area contributed by atoms with Gasteiger partial charge in [-0.25, -0.2) is 30.9 Å². The molecule has 0 saturated carbocycles. The number of nitrogens with zero attached hydrogens (tertiary/aromatic N) is 3. The smallest absolute Gasteiger partial charge is 0.265 e. The van der Waals surface area contributed by atoms with E-state index < -0.39 is 41.0 Å². The Labute approximate surface area is 190 Å². The van der Waals surface area contributed by atoms with Gasteiger partial charge in [-0.3, -0.25) is 0 Å². The van der Waals surface area contributed by atoms with Crippen LogP contribution in [0.1, 0.15) is 22.8 Å². The molecule has 4 aromatic rings. The number of aromatic nitrogens is 3. The van der Waals surface area contributed by atoms with Gasteiger partial charge in [0.1, 0.15) is 47.6 Å². The average Bonchev–Trinajstić information content (AvgIpc) is 3.21. The third-order valence-electron chi connectivity index (χ3n) is 5.12. The van der Waals surface area contributed by atoms with Crippen molar-refractivity contribution in [3.05, 3.63) is 119 Å². The molecule has 4 rings (SSSR count). The summed E-state index contributed by atoms with van der Waals surface area (Å²) in [6.07, 6.45) is 1.88. The lowest BCUT2D eigenvalue weighted by atomic mass is 10.1. The van der Waals surface area contributed by atoms with Gasteiger partial charge in [-0.2, -0.15) is 0 Å². The maximum Gasteiger partial charge on any atom is 0.265 e. The number of benzene rings is 3. The SMILES string of the molecule is Fc1ccc(COC(Cn2c[n+](Cc3ccc(F)cc3F)cn2)c2ccc(F)cc2F)c(F)c1. The molecule has 1 aromatic heterocycles. The van der Waals surface area contributed by atoms with Gasteiger partial charge in [-0.05, 0) is 24.3 Å². The quantitative estimate of drug-likeness (QED) is 0.263. The van der Waals surface area contributed by atoms with Crippen molar-refractivity contribution in [2.75, 3.05) is 0 Å². The van der Waals surface area contributed by atoms with Crippen molar-refractivity contribution in [2.45, 2.75) is 25.8 Å². The molecule has 0 fully saturated rings. The highest BCUT2D eigenvalue weighted by Crippen LogP contribution is 2.25. The van der Waals surface area contributed by atoms with Crippen molar-refractivity contribution in [3.63, 3.8) is 0 Å². The highest BCUT2D eigenvalue weighted by Gasteiger charge is 2.23. The van der Waals surface area contributed by atoms with Crippen molar-refractivity contribution in [3.8, 4) is 0 Å². The summed E-state index contributed by atoms with van der Waals surface area (Å²) in [4.78, 5) is 0. The van der Waals surface area contributed by atoms with Crippen LogP contribution < -0.4 is 4.57 Å². The zero-order valence-electron chi connectivity index (χ0n) is 17.6. The molecule has 0 radical (unpaired) electrons. The van der Waals surface area contributed by atoms with Crippen molar-refractivity contribution in [1.29, 1.82) is 0 Å². The van der Waals surface area contributed by atoms with E-state index in [0.717, 1.165) is 24.3 Å². The van der Waals surface area contributed by atoms with E-state index in [1.165, 1.54) is 40.1 Å². The van der Waals surface area contributed by atoms with Gasteiger partial charge >= 0.3 is 0 Å². The molecule has 1 atom stereocenters. The molecular weight excluding hydrogens is 460 g/mol. The maximum atomic E-state index is 14.5. The molecule has 0 amide bonds. The minimum atomic E-state index is -1.01. The highest BCUT2D eigenvalue weighted by molar-refractivity contribution is 5.22. The van der Waals surface area contributed by atoms with Gasteiger partial charge in [0, 0.05) is 40.0 Å². The van der Waals surface area contributed by atoms with Crippen molar-refractivity contribution < 1.29 is 35.6 Å². The fourth-order valence-electron chi connectivity index (χ4n) is 3.39. The first-order chi connectivity index (χ1) is 16.3. The Morgan fingerprint density at radius 1 is 0.765 bits per heavy atom. The molecular formula is C24H18F6N3O+. The fourth-order valence-corrected chi connectivity index (χ4v) is 3.39. The molecule has 34 heavy (non-hydrogen) atoms. The van der Waals surface area contributed by atoms with Gasteiger partial charge < -0.3 is 4.74 Å². The summed E-state index contributed by atoms with van der Waals surface area (Å²) in [6, 6.07) is 9.18. The van der Waals surface area contributed by atoms with Gasteiger partial charge in [0.25, 0.3) is 6.33 Å². The van der Waals surface area contributed by atoms with Gasteiger partial charge in [-0.1, -0.05) is 12.1 Å². The van der Waals surface area contributed by atoms with Crippen LogP contribution in [0, 0.1) is 34.9 Å². The minimum Gasteiger partial charge on any atom is -0.365 e. The van der Waals surface area contributed by atoms with Crippen LogP contribution in [0.2, 0.25) is 0 Å². The van der Waals surface area contributed by atoms with Gasteiger partial charge in [0.05, 0.1) is 13.2 Å². The Morgan fingerprint density at radius 2 is 1.35 bits per heavy atom. The van der Waals surface area contributed by atoms with Crippen LogP contribution in [0.15, 0.2) is 67.3 Å². The number of hydrogen-bond acceptors (Lipinski definition) is 2. The maximum absolute atomic E-state index is 14.5. The second kappa shape index (κ2) is 10.1. The van der Waals surface area contributed by atoms with E-state index in [9.17, 15) is 26.3 Å². The minimum absolute atomic E-state index is 0.00977. The number of hydrogen-bond donors (Lipinski definition) is 0. The van der Waals surface area contributed by atoms with E-state index >= 15 is 0 Å². The van der Waals surface area contributed by atoms with Gasteiger partial charge in [0.2, 0.25) is 6.33 Å². The Hall–Kier alpha value is -3.66. The number of rotatable bonds is 8. The van der Waals surface area contributed by atoms with Crippen LogP contribution in [0.5, 0.6) is 0 Å². The lowest BCUT2D eigenvalue weighted by Crippen LogP contribution is -2.32. The Bertz CT molecular complexity index is 1310. The molecule has 0 bridgehead atoms. The van der Waals surface area contributed by atoms with E-state index in [0.29, 0.717) is 12.1 Å². The molecule has 1 heterocycles. The van der Waals surface area contributed by atoms with Crippen LogP contribution >= 0.6 is 0 Å². The molecule has 10 heteroatoms. The third kappa shape index (κ3) is 5.63. The van der Waals surface area contributed by atoms with E-state index in [1.807, 2.05) is 0 Å². The zero-order valence-corrected chi connectivity index (χ0v) is 17.6. The molecule has 0 aliphatic carbocycles. The summed E-state index contributed by atoms with van der Waals surface area (Å²) < 4.78 is 90.8. The monoisotopic (exact) mass is 478 g/mol. The van der Waals surface area contributed by atoms with Crippen LogP contribution in [0.25, 0.3) is 0 Å². The van der Waals surface area contributed by atoms with Crippen molar-refractivity contribution in [2.24, 2.45) is 0 Å². The van der Waals surface area contributed by atoms with E-state index in [1.54, 1.807) is 0 Å². The summed E-state index contributed by atoms with van der Waals surface area (Å²) >= 11 is 0. The topological polar surface area (TPSA) is 30.9 Å². The molecule has 1 unspecified atom stereocenters. The zero-order chi connectivity index (χ0) is 24.2. The number of ether oxygens (including phenoxy) is 1. The molecule has 0 spiro atoms. The largest absolute Gasteiger partial charge is 0.365 e. The summed E-state index contributed by atoms with van der Waals surface area (Å²) in [5.74, 6) is -4.62. The Morgan fingerprint density at radius 3 is 1.97 bits per heavy atom. The van der Waals surface area contributed by atoms with Gasteiger partial charge in [0.15, 0.2) is 0 Å². The standard InChI is InChI=1S/C24H18F6N3O/c25-17-3-1-15(21(28)7-17)10-32-13-31-33(14-32)11-24(20-6-5-19(27)9-23(20)30)34-12-16-2-4-18(26)8-22(16)29/h1-9,13-14,24H,10-12H2/q+1. The summed E-state index contributed by atoms with van der Waals surface area (Å²) in [6.45, 7) is -0.302. The van der Waals surface area contributed by atoms with E-state index in [2.05, 4.69) is 5.10 Å². The fraction of sp³-hybridized carbons (Fsp3) is 0.167. The predicted octanol–water partition coefficient (Wildman–Crippen LogP) is 5.01. The molecule has 3 aromatic carbocycles. The molecule has 4 nitrogen and oxygen atoms in total. The molecule has 0 aliphatic heterocycles. The second-order valence-electron chi connectivity index (χ2n) is 7.58.